The molecule has 6 heteroatoms. The van der Waals surface area contributed by atoms with Crippen molar-refractivity contribution in [2.45, 2.75) is 78.8 Å². The molecule has 198 valence electrons. The lowest BCUT2D eigenvalue weighted by atomic mass is 9.86. The van der Waals surface area contributed by atoms with Crippen LogP contribution in [0.2, 0.25) is 0 Å². The third-order valence-corrected chi connectivity index (χ3v) is 7.66. The van der Waals surface area contributed by atoms with Crippen LogP contribution in [0.15, 0.2) is 47.5 Å². The average molecular weight is 525 g/mol. The van der Waals surface area contributed by atoms with Gasteiger partial charge in [0.05, 0.1) is 6.61 Å². The number of carbonyl (C=O) groups is 2. The Kier molecular flexibility index (Phi) is 8.27. The zero-order valence-corrected chi connectivity index (χ0v) is 23.4. The van der Waals surface area contributed by atoms with Crippen LogP contribution >= 0.6 is 11.6 Å². The zero-order valence-electron chi connectivity index (χ0n) is 22.6. The summed E-state index contributed by atoms with van der Waals surface area (Å²) in [7, 11) is 0. The highest BCUT2D eigenvalue weighted by molar-refractivity contribution is 6.30. The maximum atomic E-state index is 14.0. The smallest absolute Gasteiger partial charge is 0.316 e. The van der Waals surface area contributed by atoms with E-state index in [1.807, 2.05) is 45.9 Å². The predicted octanol–water partition coefficient (Wildman–Crippen LogP) is 7.00. The summed E-state index contributed by atoms with van der Waals surface area (Å²) in [6.07, 6.45) is 2.34. The molecule has 2 aromatic carbocycles. The summed E-state index contributed by atoms with van der Waals surface area (Å²) in [4.78, 5) is 27.2. The molecular formula is C31H37ClO5. The number of aryl methyl sites for hydroxylation is 3. The minimum Gasteiger partial charge on any atom is -0.457 e. The van der Waals surface area contributed by atoms with Crippen LogP contribution in [0.25, 0.3) is 0 Å². The number of ether oxygens (including phenoxy) is 3. The van der Waals surface area contributed by atoms with Gasteiger partial charge in [0.25, 0.3) is 0 Å². The predicted molar refractivity (Wildman–Crippen MR) is 144 cm³/mol. The van der Waals surface area contributed by atoms with E-state index in [4.69, 9.17) is 25.8 Å². The van der Waals surface area contributed by atoms with Gasteiger partial charge >= 0.3 is 5.97 Å². The lowest BCUT2D eigenvalue weighted by molar-refractivity contribution is -0.164. The maximum Gasteiger partial charge on any atom is 0.316 e. The van der Waals surface area contributed by atoms with Crippen molar-refractivity contribution < 1.29 is 23.8 Å². The molecule has 5 nitrogen and oxygen atoms in total. The Morgan fingerprint density at radius 2 is 1.76 bits per heavy atom. The Morgan fingerprint density at radius 1 is 1.05 bits per heavy atom. The molecule has 2 aliphatic rings. The largest absolute Gasteiger partial charge is 0.457 e. The first-order chi connectivity index (χ1) is 17.5. The highest BCUT2D eigenvalue weighted by Crippen LogP contribution is 2.42. The number of hydrogen-bond donors (Lipinski definition) is 0. The number of cyclic esters (lactones) is 1. The third-order valence-electron chi connectivity index (χ3n) is 7.40. The van der Waals surface area contributed by atoms with E-state index in [1.165, 1.54) is 0 Å². The molecule has 0 saturated carbocycles. The van der Waals surface area contributed by atoms with E-state index in [0.717, 1.165) is 39.8 Å². The molecule has 0 amide bonds. The van der Waals surface area contributed by atoms with E-state index < -0.39 is 29.9 Å². The number of esters is 1. The van der Waals surface area contributed by atoms with Gasteiger partial charge in [-0.15, -0.1) is 0 Å². The summed E-state index contributed by atoms with van der Waals surface area (Å²) >= 11 is 6.76. The number of rotatable bonds is 2. The summed E-state index contributed by atoms with van der Waals surface area (Å²) in [6, 6.07) is 12.2. The molecule has 1 spiro atoms. The second kappa shape index (κ2) is 11.1. The van der Waals surface area contributed by atoms with E-state index in [0.29, 0.717) is 11.5 Å². The van der Waals surface area contributed by atoms with Crippen molar-refractivity contribution in [3.05, 3.63) is 80.9 Å². The molecule has 2 heterocycles. The number of benzene rings is 2. The molecule has 2 bridgehead atoms. The molecule has 37 heavy (non-hydrogen) atoms. The van der Waals surface area contributed by atoms with Gasteiger partial charge in [0.1, 0.15) is 12.0 Å². The highest BCUT2D eigenvalue weighted by atomic mass is 35.5. The Labute approximate surface area is 225 Å². The summed E-state index contributed by atoms with van der Waals surface area (Å²) in [6.45, 7) is 11.7. The number of ketones is 1. The van der Waals surface area contributed by atoms with Crippen molar-refractivity contribution in [2.24, 2.45) is 11.8 Å². The van der Waals surface area contributed by atoms with Gasteiger partial charge in [0.15, 0.2) is 17.7 Å². The Balaban J connectivity index is 1.73. The van der Waals surface area contributed by atoms with Gasteiger partial charge in [-0.2, -0.15) is 0 Å². The number of fused-ring (bicyclic) bond motifs is 2. The molecule has 0 aliphatic carbocycles. The van der Waals surface area contributed by atoms with Crippen LogP contribution in [-0.2, 0) is 30.2 Å². The SMILES string of the molecule is CC[C@@H]1OC(=O)[C@@H](C)C(=O)[C@]2(CO[C@@H](c3c(C)cc(C)cc3C)O2)C/C(Cl)=C/[C@@H](C)Cc2cccc1c2. The van der Waals surface area contributed by atoms with Gasteiger partial charge in [-0.3, -0.25) is 9.59 Å². The molecule has 0 radical (unpaired) electrons. The monoisotopic (exact) mass is 524 g/mol. The van der Waals surface area contributed by atoms with Gasteiger partial charge in [0, 0.05) is 17.0 Å². The standard InChI is InChI=1S/C31H37ClO5/c1-7-26-24-10-8-9-23(15-24)13-19(3)14-25(32)16-31(28(33)22(6)29(34)36-26)17-35-30(37-31)27-20(4)11-18(2)12-21(27)5/h8-12,14-15,19,22,26,30H,7,13,16-17H2,1-6H3/b25-14-/t19-,22-,26-,30+,31+/m0/s1. The molecule has 2 aliphatic heterocycles. The fourth-order valence-electron chi connectivity index (χ4n) is 5.62. The van der Waals surface area contributed by atoms with Crippen molar-refractivity contribution in [3.8, 4) is 0 Å². The van der Waals surface area contributed by atoms with Crippen molar-refractivity contribution in [1.29, 1.82) is 0 Å². The van der Waals surface area contributed by atoms with Crippen molar-refractivity contribution in [1.82, 2.24) is 0 Å². The van der Waals surface area contributed by atoms with Gasteiger partial charge in [0.2, 0.25) is 0 Å². The van der Waals surface area contributed by atoms with E-state index >= 15 is 0 Å². The van der Waals surface area contributed by atoms with Crippen LogP contribution in [0, 0.1) is 32.6 Å². The summed E-state index contributed by atoms with van der Waals surface area (Å²) < 4.78 is 18.5. The third kappa shape index (κ3) is 5.84. The second-order valence-electron chi connectivity index (χ2n) is 10.7. The molecule has 1 fully saturated rings. The van der Waals surface area contributed by atoms with Crippen LogP contribution in [-0.4, -0.2) is 24.0 Å². The van der Waals surface area contributed by atoms with E-state index in [2.05, 4.69) is 31.2 Å². The summed E-state index contributed by atoms with van der Waals surface area (Å²) in [5.74, 6) is -1.84. The molecule has 0 N–H and O–H groups in total. The van der Waals surface area contributed by atoms with E-state index in [1.54, 1.807) is 6.92 Å². The molecule has 0 aromatic heterocycles. The lowest BCUT2D eigenvalue weighted by Crippen LogP contribution is -2.47. The second-order valence-corrected chi connectivity index (χ2v) is 11.2. The first-order valence-electron chi connectivity index (χ1n) is 13.1. The van der Waals surface area contributed by atoms with Crippen LogP contribution in [0.4, 0.5) is 0 Å². The summed E-state index contributed by atoms with van der Waals surface area (Å²) in [5, 5.41) is 0.516. The number of hydrogen-bond acceptors (Lipinski definition) is 5. The normalized spacial score (nSPS) is 30.5. The number of halogens is 1. The van der Waals surface area contributed by atoms with E-state index in [-0.39, 0.29) is 24.7 Å². The van der Waals surface area contributed by atoms with Gasteiger partial charge in [-0.25, -0.2) is 0 Å². The van der Waals surface area contributed by atoms with Crippen LogP contribution in [0.3, 0.4) is 0 Å². The molecule has 4 rings (SSSR count). The summed E-state index contributed by atoms with van der Waals surface area (Å²) in [5.41, 5.74) is 4.79. The number of carbonyl (C=O) groups excluding carboxylic acids is 2. The van der Waals surface area contributed by atoms with Crippen molar-refractivity contribution >= 4 is 23.4 Å². The zero-order chi connectivity index (χ0) is 26.9. The van der Waals surface area contributed by atoms with Crippen LogP contribution in [0.1, 0.15) is 79.4 Å². The fourth-order valence-corrected chi connectivity index (χ4v) is 6.05. The van der Waals surface area contributed by atoms with Gasteiger partial charge in [-0.05, 0) is 68.7 Å². The topological polar surface area (TPSA) is 61.8 Å². The molecule has 1 saturated heterocycles. The number of Topliss-reactive ketones (excluding diaryl/α,β-unsaturated/α-hetero) is 1. The fraction of sp³-hybridized carbons (Fsp3) is 0.484. The van der Waals surface area contributed by atoms with Crippen molar-refractivity contribution in [3.63, 3.8) is 0 Å². The lowest BCUT2D eigenvalue weighted by Gasteiger charge is -2.30. The van der Waals surface area contributed by atoms with Crippen molar-refractivity contribution in [2.75, 3.05) is 6.61 Å². The highest BCUT2D eigenvalue weighted by Gasteiger charge is 2.52. The van der Waals surface area contributed by atoms with Crippen LogP contribution in [0.5, 0.6) is 0 Å². The first-order valence-corrected chi connectivity index (χ1v) is 13.5. The molecular weight excluding hydrogens is 488 g/mol. The van der Waals surface area contributed by atoms with Crippen LogP contribution < -0.4 is 0 Å². The first kappa shape index (κ1) is 27.6. The number of allylic oxidation sites excluding steroid dienone is 1. The Bertz CT molecular complexity index is 1190. The minimum atomic E-state index is -1.39. The Morgan fingerprint density at radius 3 is 2.43 bits per heavy atom. The van der Waals surface area contributed by atoms with Gasteiger partial charge < -0.3 is 14.2 Å². The quantitative estimate of drug-likeness (QED) is 0.312. The maximum absolute atomic E-state index is 14.0. The van der Waals surface area contributed by atoms with E-state index in [9.17, 15) is 9.59 Å². The van der Waals surface area contributed by atoms with Gasteiger partial charge in [-0.1, -0.05) is 73.5 Å². The molecule has 0 unspecified atom stereocenters. The molecule has 2 aromatic rings. The Hall–Kier alpha value is -2.47. The average Bonchev–Trinajstić information content (AvgIpc) is 3.24. The minimum absolute atomic E-state index is 0.00949. The molecule has 5 atom stereocenters.